The van der Waals surface area contributed by atoms with Crippen molar-refractivity contribution in [2.45, 2.75) is 62.6 Å². The Bertz CT molecular complexity index is 946. The number of carbonyl (C=O) groups is 2. The molecule has 5 atom stereocenters. The normalized spacial score (nSPS) is 27.6. The van der Waals surface area contributed by atoms with E-state index < -0.39 is 35.9 Å². The lowest BCUT2D eigenvalue weighted by atomic mass is 9.99. The number of hydrogen-bond acceptors (Lipinski definition) is 5. The third-order valence-electron chi connectivity index (χ3n) is 6.88. The van der Waals surface area contributed by atoms with Gasteiger partial charge in [0.25, 0.3) is 0 Å². The van der Waals surface area contributed by atoms with Gasteiger partial charge < -0.3 is 15.5 Å². The molecule has 7 nitrogen and oxygen atoms in total. The largest absolute Gasteiger partial charge is 0.416 e. The van der Waals surface area contributed by atoms with E-state index in [2.05, 4.69) is 6.07 Å². The number of halogens is 3. The van der Waals surface area contributed by atoms with Crippen molar-refractivity contribution in [1.29, 1.82) is 5.26 Å². The number of alkyl halides is 3. The molecule has 2 amide bonds. The number of rotatable bonds is 5. The highest BCUT2D eigenvalue weighted by molar-refractivity contribution is 5.87. The fourth-order valence-corrected chi connectivity index (χ4v) is 5.38. The molecule has 0 spiro atoms. The second-order valence-electron chi connectivity index (χ2n) is 8.79. The topological polar surface area (TPSA) is 93.7 Å². The number of carbonyl (C=O) groups excluding carboxylic acids is 2. The lowest BCUT2D eigenvalue weighted by Crippen LogP contribution is -2.56. The van der Waals surface area contributed by atoms with Crippen molar-refractivity contribution >= 4 is 11.8 Å². The Kier molecular flexibility index (Phi) is 5.90. The van der Waals surface area contributed by atoms with Gasteiger partial charge in [0.1, 0.15) is 6.04 Å². The van der Waals surface area contributed by atoms with Crippen LogP contribution in [0.5, 0.6) is 0 Å². The van der Waals surface area contributed by atoms with Gasteiger partial charge in [-0.3, -0.25) is 14.5 Å². The summed E-state index contributed by atoms with van der Waals surface area (Å²) in [4.78, 5) is 30.7. The molecular formula is C22H26F3N5O2. The predicted molar refractivity (Wildman–Crippen MR) is 109 cm³/mol. The van der Waals surface area contributed by atoms with Crippen LogP contribution in [0.25, 0.3) is 0 Å². The lowest BCUT2D eigenvalue weighted by Gasteiger charge is -2.39. The Morgan fingerprint density at radius 1 is 1.34 bits per heavy atom. The Hall–Kier alpha value is -2.64. The number of benzene rings is 1. The summed E-state index contributed by atoms with van der Waals surface area (Å²) in [5, 5.41) is 9.20. The number of fused-ring (bicyclic) bond motifs is 2. The summed E-state index contributed by atoms with van der Waals surface area (Å²) in [6.07, 6.45) is -2.60. The minimum Gasteiger partial charge on any atom is -0.330 e. The second-order valence-corrected chi connectivity index (χ2v) is 8.79. The Morgan fingerprint density at radius 3 is 2.72 bits per heavy atom. The first-order valence-electron chi connectivity index (χ1n) is 10.8. The summed E-state index contributed by atoms with van der Waals surface area (Å²) in [5.74, 6) is -0.532. The summed E-state index contributed by atoms with van der Waals surface area (Å²) in [6.45, 7) is 2.76. The first-order chi connectivity index (χ1) is 15.1. The van der Waals surface area contributed by atoms with E-state index in [9.17, 15) is 28.0 Å². The van der Waals surface area contributed by atoms with Gasteiger partial charge in [-0.25, -0.2) is 0 Å². The van der Waals surface area contributed by atoms with Gasteiger partial charge in [-0.2, -0.15) is 18.4 Å². The molecule has 1 aromatic rings. The van der Waals surface area contributed by atoms with Crippen molar-refractivity contribution in [2.75, 3.05) is 19.6 Å². The molecule has 3 fully saturated rings. The maximum atomic E-state index is 13.5. The molecule has 0 unspecified atom stereocenters. The number of nitriles is 1. The molecule has 10 heteroatoms. The zero-order valence-electron chi connectivity index (χ0n) is 17.8. The molecule has 0 aliphatic carbocycles. The molecule has 3 aliphatic heterocycles. The van der Waals surface area contributed by atoms with Gasteiger partial charge in [0.05, 0.1) is 29.8 Å². The van der Waals surface area contributed by atoms with E-state index in [4.69, 9.17) is 5.73 Å². The van der Waals surface area contributed by atoms with Crippen molar-refractivity contribution in [1.82, 2.24) is 14.7 Å². The maximum absolute atomic E-state index is 13.5. The SMILES string of the molecule is C[C@H](c1ccccc1C(F)(F)F)N1C(=O)[C@H]2C[C@H]1CN2C[C@H](N)C(=O)N1CCC[C@H]1C#N. The molecule has 32 heavy (non-hydrogen) atoms. The molecule has 0 saturated carbocycles. The summed E-state index contributed by atoms with van der Waals surface area (Å²) < 4.78 is 40.4. The highest BCUT2D eigenvalue weighted by Gasteiger charge is 2.52. The van der Waals surface area contributed by atoms with Crippen LogP contribution in [0.15, 0.2) is 24.3 Å². The first kappa shape index (κ1) is 22.6. The Morgan fingerprint density at radius 2 is 2.06 bits per heavy atom. The monoisotopic (exact) mass is 449 g/mol. The molecule has 3 saturated heterocycles. The molecular weight excluding hydrogens is 423 g/mol. The van der Waals surface area contributed by atoms with Crippen molar-refractivity contribution in [3.8, 4) is 6.07 Å². The van der Waals surface area contributed by atoms with E-state index in [1.165, 1.54) is 17.0 Å². The molecule has 3 aliphatic rings. The van der Waals surface area contributed by atoms with Crippen molar-refractivity contribution in [3.05, 3.63) is 35.4 Å². The summed E-state index contributed by atoms with van der Waals surface area (Å²) in [5.41, 5.74) is 5.48. The summed E-state index contributed by atoms with van der Waals surface area (Å²) >= 11 is 0. The fraction of sp³-hybridized carbons (Fsp3) is 0.591. The summed E-state index contributed by atoms with van der Waals surface area (Å²) in [7, 11) is 0. The van der Waals surface area contributed by atoms with Crippen LogP contribution in [0.3, 0.4) is 0 Å². The molecule has 172 valence electrons. The van der Waals surface area contributed by atoms with Crippen molar-refractivity contribution < 1.29 is 22.8 Å². The quantitative estimate of drug-likeness (QED) is 0.741. The van der Waals surface area contributed by atoms with Crippen molar-refractivity contribution in [3.63, 3.8) is 0 Å². The minimum absolute atomic E-state index is 0.0795. The highest BCUT2D eigenvalue weighted by Crippen LogP contribution is 2.41. The molecule has 2 bridgehead atoms. The van der Waals surface area contributed by atoms with Crippen LogP contribution >= 0.6 is 0 Å². The van der Waals surface area contributed by atoms with Gasteiger partial charge in [-0.1, -0.05) is 18.2 Å². The van der Waals surface area contributed by atoms with Crippen LogP contribution in [-0.2, 0) is 15.8 Å². The Balaban J connectivity index is 1.44. The van der Waals surface area contributed by atoms with E-state index in [1.807, 2.05) is 4.90 Å². The van der Waals surface area contributed by atoms with E-state index >= 15 is 0 Å². The van der Waals surface area contributed by atoms with Gasteiger partial charge >= 0.3 is 6.18 Å². The van der Waals surface area contributed by atoms with Gasteiger partial charge in [0, 0.05) is 25.7 Å². The summed E-state index contributed by atoms with van der Waals surface area (Å²) in [6, 6.07) is 4.70. The predicted octanol–water partition coefficient (Wildman–Crippen LogP) is 1.89. The molecule has 1 aromatic carbocycles. The maximum Gasteiger partial charge on any atom is 0.416 e. The van der Waals surface area contributed by atoms with Gasteiger partial charge in [-0.05, 0) is 37.8 Å². The average Bonchev–Trinajstić information content (AvgIpc) is 3.46. The van der Waals surface area contributed by atoms with E-state index in [-0.39, 0.29) is 30.0 Å². The highest BCUT2D eigenvalue weighted by atomic mass is 19.4. The Labute approximate surface area is 184 Å². The molecule has 3 heterocycles. The van der Waals surface area contributed by atoms with Gasteiger partial charge in [0.15, 0.2) is 0 Å². The fourth-order valence-electron chi connectivity index (χ4n) is 5.38. The third-order valence-corrected chi connectivity index (χ3v) is 6.88. The number of piperazine rings is 1. The van der Waals surface area contributed by atoms with Gasteiger partial charge in [0.2, 0.25) is 11.8 Å². The zero-order valence-corrected chi connectivity index (χ0v) is 17.8. The van der Waals surface area contributed by atoms with Crippen LogP contribution in [-0.4, -0.2) is 70.3 Å². The smallest absolute Gasteiger partial charge is 0.330 e. The molecule has 4 rings (SSSR count). The molecule has 0 aromatic heterocycles. The van der Waals surface area contributed by atoms with Crippen LogP contribution in [0.4, 0.5) is 13.2 Å². The standard InChI is InChI=1S/C22H26F3N5O2/c1-13(16-6-2-3-7-17(16)22(23,24)25)30-15-9-19(21(30)32)28(11-15)12-18(27)20(31)29-8-4-5-14(29)10-26/h2-3,6-7,13-15,18-19H,4-5,8-9,11-12,27H2,1H3/t13-,14+,15+,18+,19-/m1/s1. The average molecular weight is 449 g/mol. The lowest BCUT2D eigenvalue weighted by molar-refractivity contribution is -0.143. The number of likely N-dealkylation sites (tertiary alicyclic amines) is 3. The van der Waals surface area contributed by atoms with E-state index in [0.29, 0.717) is 25.9 Å². The number of amides is 2. The number of nitrogens with two attached hydrogens (primary N) is 1. The minimum atomic E-state index is -4.50. The second kappa shape index (κ2) is 8.37. The number of nitrogens with zero attached hydrogens (tertiary/aromatic N) is 4. The molecule has 2 N–H and O–H groups in total. The van der Waals surface area contributed by atoms with E-state index in [1.54, 1.807) is 17.9 Å². The van der Waals surface area contributed by atoms with Gasteiger partial charge in [-0.15, -0.1) is 0 Å². The number of hydrogen-bond donors (Lipinski definition) is 1. The van der Waals surface area contributed by atoms with Crippen LogP contribution in [0, 0.1) is 11.3 Å². The zero-order chi connectivity index (χ0) is 23.2. The van der Waals surface area contributed by atoms with Crippen LogP contribution in [0.1, 0.15) is 43.4 Å². The van der Waals surface area contributed by atoms with Crippen molar-refractivity contribution in [2.24, 2.45) is 5.73 Å². The van der Waals surface area contributed by atoms with E-state index in [0.717, 1.165) is 12.5 Å². The first-order valence-corrected chi connectivity index (χ1v) is 10.8. The van der Waals surface area contributed by atoms with Crippen LogP contribution < -0.4 is 5.73 Å². The third kappa shape index (κ3) is 3.84. The van der Waals surface area contributed by atoms with Crippen LogP contribution in [0.2, 0.25) is 0 Å². The molecule has 0 radical (unpaired) electrons.